The fourth-order valence-electron chi connectivity index (χ4n) is 4.14. The maximum Gasteiger partial charge on any atom is 0.524 e. The van der Waals surface area contributed by atoms with Crippen LogP contribution < -0.4 is 4.48 Å². The van der Waals surface area contributed by atoms with E-state index in [1.54, 1.807) is 39.1 Å². The quantitative estimate of drug-likeness (QED) is 0.518. The van der Waals surface area contributed by atoms with Gasteiger partial charge in [0.25, 0.3) is 0 Å². The van der Waals surface area contributed by atoms with Gasteiger partial charge < -0.3 is 9.84 Å². The monoisotopic (exact) mass is 472 g/mol. The predicted molar refractivity (Wildman–Crippen MR) is 110 cm³/mol. The molecule has 0 aromatic heterocycles. The van der Waals surface area contributed by atoms with Gasteiger partial charge in [-0.15, -0.1) is 0 Å². The Balaban J connectivity index is 2.38. The lowest BCUT2D eigenvalue weighted by atomic mass is 9.92. The standard InChI is InChI=1S/C19H22BrNO6S/c1-19(2,3)21(18(23)24)9-15(11-5-6-28(25,26)10-11)13-7-12(20)8-14(16(13)21)17(22)27-4/h7-9,11H,5-6,10H2,1-4H3/p+1. The zero-order chi connectivity index (χ0) is 21.1. The van der Waals surface area contributed by atoms with Crippen LogP contribution in [0.2, 0.25) is 0 Å². The second-order valence-electron chi connectivity index (χ2n) is 8.20. The summed E-state index contributed by atoms with van der Waals surface area (Å²) in [6.45, 7) is 5.33. The van der Waals surface area contributed by atoms with E-state index in [0.717, 1.165) is 0 Å². The Labute approximate surface area is 172 Å². The maximum atomic E-state index is 12.6. The molecule has 1 aromatic rings. The van der Waals surface area contributed by atoms with Crippen LogP contribution in [0, 0.1) is 5.92 Å². The fraction of sp³-hybridized carbons (Fsp3) is 0.474. The van der Waals surface area contributed by atoms with Crippen molar-refractivity contribution in [1.82, 2.24) is 4.48 Å². The minimum atomic E-state index is -3.17. The average Bonchev–Trinajstić information content (AvgIpc) is 3.10. The Morgan fingerprint density at radius 2 is 1.93 bits per heavy atom. The molecule has 0 saturated carbocycles. The number of carbonyl (C=O) groups excluding carboxylic acids is 1. The van der Waals surface area contributed by atoms with Crippen LogP contribution in [0.4, 0.5) is 10.5 Å². The summed E-state index contributed by atoms with van der Waals surface area (Å²) < 4.78 is 29.0. The third kappa shape index (κ3) is 3.09. The van der Waals surface area contributed by atoms with Crippen molar-refractivity contribution >= 4 is 49.1 Å². The Kier molecular flexibility index (Phi) is 5.01. The smallest absolute Gasteiger partial charge is 0.465 e. The van der Waals surface area contributed by atoms with Crippen molar-refractivity contribution < 1.29 is 27.9 Å². The molecule has 28 heavy (non-hydrogen) atoms. The van der Waals surface area contributed by atoms with Crippen molar-refractivity contribution in [2.75, 3.05) is 18.6 Å². The van der Waals surface area contributed by atoms with Crippen molar-refractivity contribution in [2.24, 2.45) is 5.92 Å². The molecule has 1 saturated heterocycles. The topological polar surface area (TPSA) is 97.7 Å². The lowest BCUT2D eigenvalue weighted by Gasteiger charge is -2.38. The van der Waals surface area contributed by atoms with Crippen LogP contribution in [0.1, 0.15) is 43.1 Å². The normalized spacial score (nSPS) is 25.9. The van der Waals surface area contributed by atoms with Crippen LogP contribution in [-0.4, -0.2) is 49.7 Å². The first kappa shape index (κ1) is 21.0. The van der Waals surface area contributed by atoms with Gasteiger partial charge in [-0.2, -0.15) is 9.28 Å². The molecule has 1 aromatic carbocycles. The molecule has 2 unspecified atom stereocenters. The number of hydrogen-bond acceptors (Lipinski definition) is 5. The number of quaternary nitrogens is 1. The number of rotatable bonds is 2. The summed E-state index contributed by atoms with van der Waals surface area (Å²) in [5, 5.41) is 10.3. The lowest BCUT2D eigenvalue weighted by Crippen LogP contribution is -2.60. The predicted octanol–water partition coefficient (Wildman–Crippen LogP) is 3.81. The van der Waals surface area contributed by atoms with Gasteiger partial charge in [0.05, 0.1) is 18.6 Å². The van der Waals surface area contributed by atoms with Crippen LogP contribution in [-0.2, 0) is 14.6 Å². The Morgan fingerprint density at radius 1 is 1.29 bits per heavy atom. The van der Waals surface area contributed by atoms with E-state index in [9.17, 15) is 23.1 Å². The minimum absolute atomic E-state index is 0.0257. The maximum absolute atomic E-state index is 12.6. The summed E-state index contributed by atoms with van der Waals surface area (Å²) in [7, 11) is -1.92. The van der Waals surface area contributed by atoms with E-state index in [-0.39, 0.29) is 23.0 Å². The molecule has 0 radical (unpaired) electrons. The molecule has 0 bridgehead atoms. The molecule has 2 aliphatic heterocycles. The number of halogens is 1. The van der Waals surface area contributed by atoms with Crippen LogP contribution in [0.5, 0.6) is 0 Å². The summed E-state index contributed by atoms with van der Waals surface area (Å²) >= 11 is 3.39. The van der Waals surface area contributed by atoms with E-state index in [1.165, 1.54) is 7.11 Å². The molecule has 1 fully saturated rings. The zero-order valence-electron chi connectivity index (χ0n) is 16.2. The number of esters is 1. The van der Waals surface area contributed by atoms with Gasteiger partial charge in [-0.05, 0) is 39.3 Å². The van der Waals surface area contributed by atoms with Crippen LogP contribution >= 0.6 is 15.9 Å². The van der Waals surface area contributed by atoms with Gasteiger partial charge in [0, 0.05) is 21.5 Å². The largest absolute Gasteiger partial charge is 0.524 e. The number of amides is 1. The van der Waals surface area contributed by atoms with Crippen molar-refractivity contribution in [1.29, 1.82) is 0 Å². The molecule has 2 heterocycles. The molecule has 3 rings (SSSR count). The minimum Gasteiger partial charge on any atom is -0.465 e. The molecule has 2 atom stereocenters. The molecule has 2 aliphatic rings. The van der Waals surface area contributed by atoms with Crippen LogP contribution in [0.3, 0.4) is 0 Å². The number of allylic oxidation sites excluding steroid dienone is 1. The van der Waals surface area contributed by atoms with Crippen molar-refractivity contribution in [3.8, 4) is 0 Å². The highest BCUT2D eigenvalue weighted by atomic mass is 79.9. The van der Waals surface area contributed by atoms with Crippen molar-refractivity contribution in [3.63, 3.8) is 0 Å². The molecule has 1 amide bonds. The first-order valence-corrected chi connectivity index (χ1v) is 11.4. The highest BCUT2D eigenvalue weighted by molar-refractivity contribution is 9.10. The first-order chi connectivity index (χ1) is 12.8. The summed E-state index contributed by atoms with van der Waals surface area (Å²) in [5.41, 5.74) is 0.857. The van der Waals surface area contributed by atoms with Crippen LogP contribution in [0.25, 0.3) is 5.57 Å². The van der Waals surface area contributed by atoms with Gasteiger partial charge in [-0.25, -0.2) is 13.2 Å². The highest BCUT2D eigenvalue weighted by Crippen LogP contribution is 2.52. The third-order valence-electron chi connectivity index (χ3n) is 5.51. The molecule has 7 nitrogen and oxygen atoms in total. The first-order valence-electron chi connectivity index (χ1n) is 8.82. The van der Waals surface area contributed by atoms with E-state index < -0.39 is 31.9 Å². The number of sulfone groups is 1. The summed E-state index contributed by atoms with van der Waals surface area (Å²) in [5.74, 6) is -0.906. The van der Waals surface area contributed by atoms with Crippen molar-refractivity contribution in [2.45, 2.75) is 32.7 Å². The SMILES string of the molecule is COC(=O)c1cc(Br)cc2c1[N+](C(=O)O)(C(C)(C)C)C=C2C1CCS(=O)(=O)C1. The van der Waals surface area contributed by atoms with Gasteiger partial charge in [0.2, 0.25) is 0 Å². The number of nitrogens with zero attached hydrogens (tertiary/aromatic N) is 1. The Hall–Kier alpha value is -1.71. The number of ether oxygens (including phenoxy) is 1. The third-order valence-corrected chi connectivity index (χ3v) is 7.73. The van der Waals surface area contributed by atoms with Crippen molar-refractivity contribution in [3.05, 3.63) is 33.9 Å². The summed E-state index contributed by atoms with van der Waals surface area (Å²) in [6, 6.07) is 3.31. The fourth-order valence-corrected chi connectivity index (χ4v) is 6.37. The zero-order valence-corrected chi connectivity index (χ0v) is 18.6. The number of fused-ring (bicyclic) bond motifs is 1. The molecule has 0 spiro atoms. The van der Waals surface area contributed by atoms with E-state index in [0.29, 0.717) is 27.7 Å². The number of methoxy groups -OCH3 is 1. The van der Waals surface area contributed by atoms with E-state index in [4.69, 9.17) is 4.74 Å². The Bertz CT molecular complexity index is 1010. The van der Waals surface area contributed by atoms with Gasteiger partial charge in [-0.3, -0.25) is 0 Å². The second kappa shape index (κ2) is 6.67. The summed E-state index contributed by atoms with van der Waals surface area (Å²) in [6.07, 6.45) is 0.895. The highest BCUT2D eigenvalue weighted by Gasteiger charge is 2.57. The van der Waals surface area contributed by atoms with Gasteiger partial charge in [-0.1, -0.05) is 15.9 Å². The molecular formula is C19H23BrNO6S+. The van der Waals surface area contributed by atoms with Gasteiger partial charge in [0.1, 0.15) is 17.3 Å². The van der Waals surface area contributed by atoms with E-state index in [1.807, 2.05) is 0 Å². The molecule has 152 valence electrons. The van der Waals surface area contributed by atoms with E-state index >= 15 is 0 Å². The number of carboxylic acid groups (broad SMARTS) is 1. The number of carbonyl (C=O) groups is 2. The average molecular weight is 473 g/mol. The van der Waals surface area contributed by atoms with Crippen LogP contribution in [0.15, 0.2) is 22.8 Å². The lowest BCUT2D eigenvalue weighted by molar-refractivity contribution is 0.0597. The number of benzene rings is 1. The number of hydrogen-bond donors (Lipinski definition) is 1. The molecule has 1 N–H and O–H groups in total. The van der Waals surface area contributed by atoms with E-state index in [2.05, 4.69) is 15.9 Å². The molecule has 9 heteroatoms. The van der Waals surface area contributed by atoms with Gasteiger partial charge in [0.15, 0.2) is 15.5 Å². The molecular weight excluding hydrogens is 450 g/mol. The van der Waals surface area contributed by atoms with Gasteiger partial charge >= 0.3 is 12.1 Å². The molecule has 0 aliphatic carbocycles. The summed E-state index contributed by atoms with van der Waals surface area (Å²) in [4.78, 5) is 25.1. The Morgan fingerprint density at radius 3 is 2.39 bits per heavy atom. The second-order valence-corrected chi connectivity index (χ2v) is 11.3.